The largest absolute Gasteiger partial charge is 0.377 e. The average Bonchev–Trinajstić information content (AvgIpc) is 3.43. The maximum atomic E-state index is 5.88. The Bertz CT molecular complexity index is 965. The summed E-state index contributed by atoms with van der Waals surface area (Å²) >= 11 is 7.46. The van der Waals surface area contributed by atoms with Gasteiger partial charge in [-0.2, -0.15) is 0 Å². The van der Waals surface area contributed by atoms with Crippen molar-refractivity contribution in [2.75, 3.05) is 26.3 Å². The number of fused-ring (bicyclic) bond motifs is 3. The third-order valence-corrected chi connectivity index (χ3v) is 6.83. The Balaban J connectivity index is 1.42. The highest BCUT2D eigenvalue weighted by molar-refractivity contribution is 7.71. The molecule has 144 valence electrons. The van der Waals surface area contributed by atoms with Gasteiger partial charge in [0.1, 0.15) is 0 Å². The highest BCUT2D eigenvalue weighted by atomic mass is 32.1. The molecule has 2 aliphatic rings. The highest BCUT2D eigenvalue weighted by Crippen LogP contribution is 2.26. The molecule has 0 aliphatic carbocycles. The van der Waals surface area contributed by atoms with Crippen LogP contribution in [0.3, 0.4) is 0 Å². The lowest BCUT2D eigenvalue weighted by Crippen LogP contribution is -2.39. The summed E-state index contributed by atoms with van der Waals surface area (Å²) in [6, 6.07) is 8.33. The van der Waals surface area contributed by atoms with Crippen LogP contribution in [0.2, 0.25) is 0 Å². The smallest absolute Gasteiger partial charge is 0.216 e. The van der Waals surface area contributed by atoms with Crippen molar-refractivity contribution in [1.82, 2.24) is 19.1 Å². The van der Waals surface area contributed by atoms with Crippen molar-refractivity contribution >= 4 is 38.7 Å². The summed E-state index contributed by atoms with van der Waals surface area (Å²) in [4.78, 5) is 3.36. The van der Waals surface area contributed by atoms with Crippen LogP contribution in [-0.2, 0) is 16.1 Å². The summed E-state index contributed by atoms with van der Waals surface area (Å²) in [6.45, 7) is 4.26. The monoisotopic (exact) mass is 404 g/mol. The second-order valence-corrected chi connectivity index (χ2v) is 8.79. The Morgan fingerprint density at radius 1 is 1.11 bits per heavy atom. The van der Waals surface area contributed by atoms with Gasteiger partial charge in [0, 0.05) is 26.3 Å². The maximum absolute atomic E-state index is 5.88. The minimum absolute atomic E-state index is 0.310. The van der Waals surface area contributed by atoms with Crippen molar-refractivity contribution in [3.8, 4) is 0 Å². The maximum Gasteiger partial charge on any atom is 0.216 e. The molecule has 5 rings (SSSR count). The quantitative estimate of drug-likeness (QED) is 0.586. The molecule has 2 aliphatic heterocycles. The first-order valence-electron chi connectivity index (χ1n) is 9.70. The van der Waals surface area contributed by atoms with Crippen LogP contribution in [0.15, 0.2) is 24.3 Å². The molecule has 0 radical (unpaired) electrons. The number of nitrogens with zero attached hydrogens (tertiary/aromatic N) is 4. The van der Waals surface area contributed by atoms with E-state index < -0.39 is 0 Å². The minimum atomic E-state index is 0.310. The number of ether oxygens (including phenoxy) is 2. The standard InChI is InChI=1S/C19H24N4O2S2/c26-19-22(20-18-23(19)16-7-1-2-8-17(16)27-18)13-21(11-14-5-3-9-24-14)12-15-6-4-10-25-15/h1-2,7-8,14-15H,3-6,9-13H2/t14-,15+. The first kappa shape index (κ1) is 17.8. The van der Waals surface area contributed by atoms with E-state index in [1.807, 2.05) is 4.68 Å². The van der Waals surface area contributed by atoms with E-state index in [9.17, 15) is 0 Å². The van der Waals surface area contributed by atoms with Gasteiger partial charge >= 0.3 is 0 Å². The van der Waals surface area contributed by atoms with Gasteiger partial charge in [0.05, 0.1) is 29.1 Å². The molecular weight excluding hydrogens is 380 g/mol. The fraction of sp³-hybridized carbons (Fsp3) is 0.579. The molecule has 2 saturated heterocycles. The molecule has 27 heavy (non-hydrogen) atoms. The van der Waals surface area contributed by atoms with Gasteiger partial charge in [0.25, 0.3) is 0 Å². The number of para-hydroxylation sites is 1. The Labute approximate surface area is 167 Å². The van der Waals surface area contributed by atoms with E-state index in [0.717, 1.165) is 67.2 Å². The first-order chi connectivity index (χ1) is 13.3. The van der Waals surface area contributed by atoms with Gasteiger partial charge in [-0.15, -0.1) is 5.10 Å². The summed E-state index contributed by atoms with van der Waals surface area (Å²) in [5, 5.41) is 4.81. The van der Waals surface area contributed by atoms with Crippen LogP contribution in [0, 0.1) is 4.77 Å². The third kappa shape index (κ3) is 3.56. The van der Waals surface area contributed by atoms with E-state index in [1.54, 1.807) is 11.3 Å². The molecule has 2 aromatic heterocycles. The molecule has 6 nitrogen and oxygen atoms in total. The Hall–Kier alpha value is -1.32. The van der Waals surface area contributed by atoms with Crippen LogP contribution in [0.25, 0.3) is 15.2 Å². The number of rotatable bonds is 6. The van der Waals surface area contributed by atoms with Crippen LogP contribution < -0.4 is 0 Å². The van der Waals surface area contributed by atoms with E-state index in [4.69, 9.17) is 26.8 Å². The Kier molecular flexibility index (Phi) is 5.00. The van der Waals surface area contributed by atoms with Crippen LogP contribution in [0.4, 0.5) is 0 Å². The first-order valence-corrected chi connectivity index (χ1v) is 10.9. The average molecular weight is 405 g/mol. The topological polar surface area (TPSA) is 43.9 Å². The van der Waals surface area contributed by atoms with E-state index in [2.05, 4.69) is 33.6 Å². The van der Waals surface area contributed by atoms with Crippen LogP contribution in [0.5, 0.6) is 0 Å². The zero-order valence-corrected chi connectivity index (χ0v) is 16.9. The van der Waals surface area contributed by atoms with Gasteiger partial charge < -0.3 is 9.47 Å². The SMILES string of the molecule is S=c1n(CN(C[C@H]2CCCO2)C[C@@H]2CCCO2)nc2sc3ccccc3n12. The molecule has 0 spiro atoms. The molecule has 0 bridgehead atoms. The zero-order chi connectivity index (χ0) is 18.2. The van der Waals surface area contributed by atoms with Gasteiger partial charge in [-0.1, -0.05) is 23.5 Å². The fourth-order valence-electron chi connectivity index (χ4n) is 4.11. The van der Waals surface area contributed by atoms with Crippen molar-refractivity contribution in [3.63, 3.8) is 0 Å². The van der Waals surface area contributed by atoms with Gasteiger partial charge in [-0.05, 0) is 50.0 Å². The lowest BCUT2D eigenvalue weighted by molar-refractivity contribution is 0.0235. The van der Waals surface area contributed by atoms with Crippen LogP contribution in [-0.4, -0.2) is 57.6 Å². The summed E-state index contributed by atoms with van der Waals surface area (Å²) < 4.78 is 17.8. The predicted molar refractivity (Wildman–Crippen MR) is 109 cm³/mol. The van der Waals surface area contributed by atoms with E-state index in [1.165, 1.54) is 4.70 Å². The lowest BCUT2D eigenvalue weighted by atomic mass is 10.2. The Morgan fingerprint density at radius 3 is 2.48 bits per heavy atom. The summed E-state index contributed by atoms with van der Waals surface area (Å²) in [6.07, 6.45) is 5.20. The van der Waals surface area contributed by atoms with Crippen molar-refractivity contribution in [1.29, 1.82) is 0 Å². The molecule has 4 heterocycles. The molecule has 1 aromatic carbocycles. The van der Waals surface area contributed by atoms with Crippen LogP contribution in [0.1, 0.15) is 25.7 Å². The second kappa shape index (κ2) is 7.60. The lowest BCUT2D eigenvalue weighted by Gasteiger charge is -2.27. The van der Waals surface area contributed by atoms with E-state index in [-0.39, 0.29) is 0 Å². The number of hydrogen-bond acceptors (Lipinski definition) is 6. The molecule has 2 fully saturated rings. The molecule has 0 N–H and O–H groups in total. The molecule has 0 unspecified atom stereocenters. The molecule has 3 aromatic rings. The van der Waals surface area contributed by atoms with Gasteiger partial charge in [-0.25, -0.2) is 4.68 Å². The molecule has 0 saturated carbocycles. The highest BCUT2D eigenvalue weighted by Gasteiger charge is 2.25. The molecular formula is C19H24N4O2S2. The van der Waals surface area contributed by atoms with E-state index in [0.29, 0.717) is 18.9 Å². The normalized spacial score (nSPS) is 23.3. The summed E-state index contributed by atoms with van der Waals surface area (Å²) in [5.41, 5.74) is 1.14. The number of benzene rings is 1. The summed E-state index contributed by atoms with van der Waals surface area (Å²) in [5.74, 6) is 0. The van der Waals surface area contributed by atoms with Gasteiger partial charge in [0.15, 0.2) is 0 Å². The fourth-order valence-corrected chi connectivity index (χ4v) is 5.47. The zero-order valence-electron chi connectivity index (χ0n) is 15.2. The minimum Gasteiger partial charge on any atom is -0.377 e. The second-order valence-electron chi connectivity index (χ2n) is 7.42. The summed E-state index contributed by atoms with van der Waals surface area (Å²) in [7, 11) is 0. The number of thiazole rings is 1. The van der Waals surface area contributed by atoms with Crippen molar-refractivity contribution in [2.24, 2.45) is 0 Å². The Morgan fingerprint density at radius 2 is 1.81 bits per heavy atom. The number of aromatic nitrogens is 3. The molecule has 2 atom stereocenters. The van der Waals surface area contributed by atoms with Crippen molar-refractivity contribution in [3.05, 3.63) is 29.0 Å². The van der Waals surface area contributed by atoms with Crippen molar-refractivity contribution in [2.45, 2.75) is 44.6 Å². The molecule has 0 amide bonds. The predicted octanol–water partition coefficient (Wildman–Crippen LogP) is 3.70. The van der Waals surface area contributed by atoms with E-state index >= 15 is 0 Å². The molecule has 8 heteroatoms. The third-order valence-electron chi connectivity index (χ3n) is 5.42. The van der Waals surface area contributed by atoms with Crippen LogP contribution >= 0.6 is 23.6 Å². The van der Waals surface area contributed by atoms with Gasteiger partial charge in [0.2, 0.25) is 9.73 Å². The number of hydrogen-bond donors (Lipinski definition) is 0. The van der Waals surface area contributed by atoms with Gasteiger partial charge in [-0.3, -0.25) is 9.30 Å². The van der Waals surface area contributed by atoms with Crippen molar-refractivity contribution < 1.29 is 9.47 Å².